The van der Waals surface area contributed by atoms with Crippen molar-refractivity contribution in [3.8, 4) is 0 Å². The zero-order valence-electron chi connectivity index (χ0n) is 10.3. The second-order valence-corrected chi connectivity index (χ2v) is 4.17. The van der Waals surface area contributed by atoms with Gasteiger partial charge in [0.05, 0.1) is 12.2 Å². The molecule has 4 heteroatoms. The third kappa shape index (κ3) is 2.44. The summed E-state index contributed by atoms with van der Waals surface area (Å²) in [5, 5.41) is 9.07. The molecule has 0 aromatic carbocycles. The number of rotatable bonds is 5. The Kier molecular flexibility index (Phi) is 4.12. The van der Waals surface area contributed by atoms with Gasteiger partial charge in [-0.2, -0.15) is 0 Å². The summed E-state index contributed by atoms with van der Waals surface area (Å²) in [6, 6.07) is 1.76. The molecule has 1 heterocycles. The van der Waals surface area contributed by atoms with Crippen molar-refractivity contribution in [1.82, 2.24) is 4.57 Å². The van der Waals surface area contributed by atoms with Crippen molar-refractivity contribution in [2.75, 3.05) is 13.7 Å². The van der Waals surface area contributed by atoms with Crippen LogP contribution in [-0.2, 0) is 11.3 Å². The Morgan fingerprint density at radius 2 is 2.19 bits per heavy atom. The Morgan fingerprint density at radius 3 is 2.62 bits per heavy atom. The molecule has 0 spiro atoms. The zero-order valence-corrected chi connectivity index (χ0v) is 10.3. The standard InChI is InChI=1S/C12H19NO3/c1-8(2)11-7-10(12(14)15)9(3)13(11)5-6-16-4/h7-8H,5-6H2,1-4H3,(H,14,15). The minimum Gasteiger partial charge on any atom is -0.478 e. The predicted octanol–water partition coefficient (Wildman–Crippen LogP) is 2.26. The van der Waals surface area contributed by atoms with Gasteiger partial charge in [-0.05, 0) is 18.9 Å². The Hall–Kier alpha value is -1.29. The molecule has 0 saturated heterocycles. The molecule has 1 aromatic heterocycles. The Bertz CT molecular complexity index is 380. The van der Waals surface area contributed by atoms with E-state index in [-0.39, 0.29) is 0 Å². The van der Waals surface area contributed by atoms with Crippen LogP contribution in [0.25, 0.3) is 0 Å². The Labute approximate surface area is 95.8 Å². The third-order valence-corrected chi connectivity index (χ3v) is 2.74. The highest BCUT2D eigenvalue weighted by atomic mass is 16.5. The maximum absolute atomic E-state index is 11.0. The fourth-order valence-corrected chi connectivity index (χ4v) is 1.84. The summed E-state index contributed by atoms with van der Waals surface area (Å²) in [6.45, 7) is 7.25. The predicted molar refractivity (Wildman–Crippen MR) is 62.1 cm³/mol. The molecule has 0 aliphatic heterocycles. The van der Waals surface area contributed by atoms with Crippen molar-refractivity contribution in [2.45, 2.75) is 33.2 Å². The van der Waals surface area contributed by atoms with Gasteiger partial charge in [-0.25, -0.2) is 4.79 Å². The molecule has 1 rings (SSSR count). The quantitative estimate of drug-likeness (QED) is 0.836. The van der Waals surface area contributed by atoms with Gasteiger partial charge in [-0.15, -0.1) is 0 Å². The molecule has 0 bridgehead atoms. The van der Waals surface area contributed by atoms with Crippen LogP contribution in [-0.4, -0.2) is 29.4 Å². The van der Waals surface area contributed by atoms with E-state index in [1.54, 1.807) is 13.2 Å². The summed E-state index contributed by atoms with van der Waals surface area (Å²) in [6.07, 6.45) is 0. The van der Waals surface area contributed by atoms with E-state index in [9.17, 15) is 4.79 Å². The van der Waals surface area contributed by atoms with Gasteiger partial charge in [-0.3, -0.25) is 0 Å². The lowest BCUT2D eigenvalue weighted by Gasteiger charge is -2.13. The number of ether oxygens (including phenoxy) is 1. The smallest absolute Gasteiger partial charge is 0.337 e. The molecule has 0 atom stereocenters. The van der Waals surface area contributed by atoms with Gasteiger partial charge in [0, 0.05) is 25.0 Å². The van der Waals surface area contributed by atoms with Gasteiger partial charge in [0.2, 0.25) is 0 Å². The fraction of sp³-hybridized carbons (Fsp3) is 0.583. The SMILES string of the molecule is COCCn1c(C(C)C)cc(C(=O)O)c1C. The second kappa shape index (κ2) is 5.16. The van der Waals surface area contributed by atoms with Crippen LogP contribution in [0.3, 0.4) is 0 Å². The van der Waals surface area contributed by atoms with Crippen LogP contribution in [0.1, 0.15) is 41.5 Å². The summed E-state index contributed by atoms with van der Waals surface area (Å²) in [7, 11) is 1.64. The molecule has 16 heavy (non-hydrogen) atoms. The number of carboxylic acid groups (broad SMARTS) is 1. The number of hydrogen-bond acceptors (Lipinski definition) is 2. The number of aromatic nitrogens is 1. The fourth-order valence-electron chi connectivity index (χ4n) is 1.84. The van der Waals surface area contributed by atoms with Gasteiger partial charge in [0.1, 0.15) is 0 Å². The van der Waals surface area contributed by atoms with Crippen LogP contribution >= 0.6 is 0 Å². The number of carboxylic acids is 1. The van der Waals surface area contributed by atoms with E-state index in [1.807, 2.05) is 11.5 Å². The van der Waals surface area contributed by atoms with Gasteiger partial charge >= 0.3 is 5.97 Å². The van der Waals surface area contributed by atoms with E-state index in [1.165, 1.54) is 0 Å². The summed E-state index contributed by atoms with van der Waals surface area (Å²) < 4.78 is 7.06. The van der Waals surface area contributed by atoms with Crippen LogP contribution < -0.4 is 0 Å². The average Bonchev–Trinajstić information content (AvgIpc) is 2.53. The number of carbonyl (C=O) groups is 1. The highest BCUT2D eigenvalue weighted by Crippen LogP contribution is 2.22. The molecule has 0 aliphatic rings. The van der Waals surface area contributed by atoms with Gasteiger partial charge in [-0.1, -0.05) is 13.8 Å². The molecule has 0 amide bonds. The van der Waals surface area contributed by atoms with Crippen LogP contribution in [0.2, 0.25) is 0 Å². The third-order valence-electron chi connectivity index (χ3n) is 2.74. The monoisotopic (exact) mass is 225 g/mol. The lowest BCUT2D eigenvalue weighted by Crippen LogP contribution is -2.11. The molecule has 4 nitrogen and oxygen atoms in total. The molecular formula is C12H19NO3. The van der Waals surface area contributed by atoms with Crippen molar-refractivity contribution in [2.24, 2.45) is 0 Å². The first-order valence-corrected chi connectivity index (χ1v) is 5.41. The van der Waals surface area contributed by atoms with Crippen LogP contribution in [0.4, 0.5) is 0 Å². The van der Waals surface area contributed by atoms with Crippen molar-refractivity contribution >= 4 is 5.97 Å². The van der Waals surface area contributed by atoms with E-state index >= 15 is 0 Å². The highest BCUT2D eigenvalue weighted by Gasteiger charge is 2.17. The molecule has 0 saturated carbocycles. The number of methoxy groups -OCH3 is 1. The maximum Gasteiger partial charge on any atom is 0.337 e. The van der Waals surface area contributed by atoms with Crippen LogP contribution in [0.5, 0.6) is 0 Å². The summed E-state index contributed by atoms with van der Waals surface area (Å²) in [4.78, 5) is 11.0. The molecule has 0 fully saturated rings. The van der Waals surface area contributed by atoms with Crippen LogP contribution in [0, 0.1) is 6.92 Å². The lowest BCUT2D eigenvalue weighted by atomic mass is 10.1. The van der Waals surface area contributed by atoms with Gasteiger partial charge < -0.3 is 14.4 Å². The number of aromatic carboxylic acids is 1. The van der Waals surface area contributed by atoms with E-state index in [4.69, 9.17) is 9.84 Å². The number of hydrogen-bond donors (Lipinski definition) is 1. The van der Waals surface area contributed by atoms with Crippen molar-refractivity contribution in [1.29, 1.82) is 0 Å². The van der Waals surface area contributed by atoms with E-state index < -0.39 is 5.97 Å². The van der Waals surface area contributed by atoms with Gasteiger partial charge in [0.15, 0.2) is 0 Å². The normalized spacial score (nSPS) is 11.1. The van der Waals surface area contributed by atoms with E-state index in [2.05, 4.69) is 13.8 Å². The molecule has 0 aliphatic carbocycles. The first kappa shape index (κ1) is 12.8. The minimum atomic E-state index is -0.865. The molecule has 1 N–H and O–H groups in total. The summed E-state index contributed by atoms with van der Waals surface area (Å²) >= 11 is 0. The molecule has 0 unspecified atom stereocenters. The maximum atomic E-state index is 11.0. The highest BCUT2D eigenvalue weighted by molar-refractivity contribution is 5.89. The second-order valence-electron chi connectivity index (χ2n) is 4.17. The molecular weight excluding hydrogens is 206 g/mol. The Balaban J connectivity index is 3.15. The summed E-state index contributed by atoms with van der Waals surface area (Å²) in [5.41, 5.74) is 2.24. The number of nitrogens with zero attached hydrogens (tertiary/aromatic N) is 1. The minimum absolute atomic E-state index is 0.309. The average molecular weight is 225 g/mol. The van der Waals surface area contributed by atoms with E-state index in [0.29, 0.717) is 24.6 Å². The first-order chi connectivity index (χ1) is 7.49. The largest absolute Gasteiger partial charge is 0.478 e. The van der Waals surface area contributed by atoms with E-state index in [0.717, 1.165) is 11.4 Å². The van der Waals surface area contributed by atoms with Gasteiger partial charge in [0.25, 0.3) is 0 Å². The van der Waals surface area contributed by atoms with Crippen LogP contribution in [0.15, 0.2) is 6.07 Å². The lowest BCUT2D eigenvalue weighted by molar-refractivity contribution is 0.0696. The summed E-state index contributed by atoms with van der Waals surface area (Å²) in [5.74, 6) is -0.556. The van der Waals surface area contributed by atoms with Crippen molar-refractivity contribution < 1.29 is 14.6 Å². The van der Waals surface area contributed by atoms with Crippen molar-refractivity contribution in [3.63, 3.8) is 0 Å². The van der Waals surface area contributed by atoms with Crippen molar-refractivity contribution in [3.05, 3.63) is 23.0 Å². The first-order valence-electron chi connectivity index (χ1n) is 5.41. The molecule has 1 aromatic rings. The molecule has 90 valence electrons. The zero-order chi connectivity index (χ0) is 12.3. The molecule has 0 radical (unpaired) electrons. The Morgan fingerprint density at radius 1 is 1.56 bits per heavy atom. The topological polar surface area (TPSA) is 51.5 Å².